The van der Waals surface area contributed by atoms with E-state index in [0.29, 0.717) is 0 Å². The number of hydrogen-bond acceptors (Lipinski definition) is 57. The Kier molecular flexibility index (Phi) is 95.6. The number of aliphatic hydroxyl groups is 6. The van der Waals surface area contributed by atoms with E-state index in [1.165, 1.54) is 32.1 Å². The van der Waals surface area contributed by atoms with Gasteiger partial charge in [-0.3, -0.25) is 47.9 Å². The summed E-state index contributed by atoms with van der Waals surface area (Å²) in [5.74, 6) is -24.7. The van der Waals surface area contributed by atoms with Crippen molar-refractivity contribution < 1.29 is 282 Å². The Bertz CT molecular complexity index is 4280. The van der Waals surface area contributed by atoms with Crippen LogP contribution in [0.15, 0.2) is 48.6 Å². The van der Waals surface area contributed by atoms with Crippen molar-refractivity contribution in [2.75, 3.05) is 0 Å². The topological polar surface area (TPSA) is 852 Å². The SMILES string of the molecule is C/C=C/C(=O)O[C@@H](C)C(=O)OP.C/C=C/C(=O)O[C@@H](CC(=O)OP)C(=O)O.CC(=O)O[C@@H](C(=O)OP)[C@@H](OC(C)=O)C(=O)OC(C)C.CC(=O)O[C@H](C(=O)OP)[C@H](OC(C)=O)C(=O)OC(C)C.CC(=O)O[C@H](C(C)=O)[C@H](OC(C)=O)C(=O)OP.CC(=O)[C@@H](O)[C@H](O)C(=O)OP.CC(=O)[C@H](O)[C@@H](O)C(=O)OP.CC(C)OC(=O)/C=C/C(=O)OP.CC(C)OC(=O)[C@H](O)[C@@H](O)C(=O)OP.C[C@H](OC(=O)/C=C/C(=O)OP)C(=O)O. The average molecular weight is 2300 g/mol. The van der Waals surface area contributed by atoms with Gasteiger partial charge < -0.3 is 148 Å². The fourth-order valence-electron chi connectivity index (χ4n) is 6.94. The van der Waals surface area contributed by atoms with Gasteiger partial charge in [0.2, 0.25) is 42.7 Å². The molecule has 146 heavy (non-hydrogen) atoms. The van der Waals surface area contributed by atoms with Crippen LogP contribution in [0.4, 0.5) is 0 Å². The summed E-state index contributed by atoms with van der Waals surface area (Å²) in [5, 5.41) is 70.3. The molecule has 0 heterocycles. The smallest absolute Gasteiger partial charge is 0.354 e. The third kappa shape index (κ3) is 84.9. The number of carbonyl (C=O) groups is 28. The number of ether oxygens (including phenoxy) is 13. The van der Waals surface area contributed by atoms with Gasteiger partial charge in [-0.15, -0.1) is 0 Å². The molecular weight excluding hydrogens is 2180 g/mol. The molecule has 0 aliphatic carbocycles. The summed E-state index contributed by atoms with van der Waals surface area (Å²) in [5.41, 5.74) is 0. The van der Waals surface area contributed by atoms with Crippen LogP contribution in [0.25, 0.3) is 0 Å². The summed E-state index contributed by atoms with van der Waals surface area (Å²) in [6, 6.07) is 0. The zero-order chi connectivity index (χ0) is 117. The van der Waals surface area contributed by atoms with Crippen LogP contribution in [-0.4, -0.2) is 323 Å². The van der Waals surface area contributed by atoms with E-state index in [9.17, 15) is 134 Å². The van der Waals surface area contributed by atoms with Gasteiger partial charge in [0.15, 0.2) is 54.0 Å². The van der Waals surface area contributed by atoms with E-state index in [0.717, 1.165) is 92.7 Å². The molecule has 0 bridgehead atoms. The number of Topliss-reactive ketones (excluding diaryl/α,β-unsaturated/α-hetero) is 3. The van der Waals surface area contributed by atoms with E-state index in [1.807, 2.05) is 0 Å². The number of ketones is 3. The molecule has 0 saturated carbocycles. The van der Waals surface area contributed by atoms with Crippen molar-refractivity contribution >= 4 is 261 Å². The maximum atomic E-state index is 11.8. The first-order chi connectivity index (χ1) is 67.2. The molecule has 0 saturated heterocycles. The van der Waals surface area contributed by atoms with Crippen molar-refractivity contribution in [2.24, 2.45) is 0 Å². The number of hydrogen-bond donors (Lipinski definition) is 8. The summed E-state index contributed by atoms with van der Waals surface area (Å²) in [7, 11) is 16.7. The van der Waals surface area contributed by atoms with Crippen LogP contribution in [0.3, 0.4) is 0 Å². The van der Waals surface area contributed by atoms with E-state index >= 15 is 0 Å². The Balaban J connectivity index is -0.000000177. The Morgan fingerprint density at radius 2 is 0.445 bits per heavy atom. The van der Waals surface area contributed by atoms with Gasteiger partial charge >= 0.3 is 149 Å². The highest BCUT2D eigenvalue weighted by atomic mass is 31.1. The van der Waals surface area contributed by atoms with E-state index in [4.69, 9.17) is 64.5 Å². The number of rotatable bonds is 42. The molecule has 0 aromatic rings. The number of carboxylic acid groups (broad SMARTS) is 2. The Labute approximate surface area is 855 Å². The number of carboxylic acids is 2. The Morgan fingerprint density at radius 3 is 0.678 bits per heavy atom. The van der Waals surface area contributed by atoms with E-state index in [1.54, 1.807) is 164 Å². The third-order valence-corrected chi connectivity index (χ3v) is 15.2. The predicted octanol–water partition coefficient (Wildman–Crippen LogP) is -1.87. The summed E-state index contributed by atoms with van der Waals surface area (Å²) < 4.78 is 102. The Morgan fingerprint density at radius 1 is 0.219 bits per heavy atom. The standard InChI is InChI=1S/2C11H17O8P.C9H13O7P.C8H11O6P.C7H9O6P.C7H13O6P.2C7H11O4P.2C5H9O5P/c2*1-5(2)16-10(14)8(17-6(3)12)9(11(15)19-20)18-7(4)13;1-4(10)7(14-5(2)11)8(9(13)16-17)15-6(3)12;1-2-3-6(9)13-5(8(11)12)4-7(10)14-15;1-4(7(10)11)12-5(8)2-3-6(9)13-14;1-3(2)12-6(10)4(8)5(9)7(11)13-14;1-5(2)10-6(8)3-4-7(9)11-12;1-3-4-6(8)10-5(2)7(9)11-12;2*1-2(6)3(7)4(8)5(9)10-11/h2*5,8-9H,20H2,1-4H3;7-8H,17H2,1-3H3;2-3,5H,4,15H2,1H3,(H,11,12);2-4H,14H2,1H3,(H,10,11);3-5,8-9H,14H2,1-2H3;2*3-5H,12H2,1-2H3;2*3-4,7-8H,11H2,1H3/b;;;2*3-2+;;2*4-3+;;/t2*8-,9-;7-,8+;5-;4-;4-,5-;;5-;2*3-,4+/m101001.010/s1. The molecule has 0 aliphatic rings. The van der Waals surface area contributed by atoms with E-state index in [2.05, 4.69) is 83.1 Å². The van der Waals surface area contributed by atoms with Gasteiger partial charge in [-0.25, -0.2) is 86.3 Å². The van der Waals surface area contributed by atoms with Crippen LogP contribution in [-0.2, 0) is 241 Å². The van der Waals surface area contributed by atoms with Gasteiger partial charge in [0.05, 0.1) is 126 Å². The summed E-state index contributed by atoms with van der Waals surface area (Å²) in [6.07, 6.45) is -17.9. The zero-order valence-corrected chi connectivity index (χ0v) is 93.0. The van der Waals surface area contributed by atoms with Crippen molar-refractivity contribution in [3.05, 3.63) is 48.6 Å². The largest absolute Gasteiger partial charge is 0.479 e. The van der Waals surface area contributed by atoms with Crippen molar-refractivity contribution in [3.8, 4) is 0 Å². The second-order valence-corrected chi connectivity index (χ2v) is 29.0. The van der Waals surface area contributed by atoms with Crippen LogP contribution in [0.2, 0.25) is 0 Å². The second kappa shape index (κ2) is 90.1. The van der Waals surface area contributed by atoms with Crippen LogP contribution in [0, 0.1) is 0 Å². The van der Waals surface area contributed by atoms with Gasteiger partial charge in [-0.1, -0.05) is 12.2 Å². The third-order valence-electron chi connectivity index (χ3n) is 12.9. The molecule has 0 aromatic heterocycles. The monoisotopic (exact) mass is 2300 g/mol. The van der Waals surface area contributed by atoms with Crippen molar-refractivity contribution in [2.45, 2.75) is 268 Å². The maximum Gasteiger partial charge on any atom is 0.354 e. The predicted molar refractivity (Wildman–Crippen MR) is 513 cm³/mol. The zero-order valence-electron chi connectivity index (χ0n) is 81.5. The highest BCUT2D eigenvalue weighted by Gasteiger charge is 2.44. The normalized spacial score (nSPS) is 13.1. The summed E-state index contributed by atoms with van der Waals surface area (Å²) >= 11 is 0. The minimum Gasteiger partial charge on any atom is -0.479 e. The number of carbonyl (C=O) groups excluding carboxylic acids is 26. The lowest BCUT2D eigenvalue weighted by Crippen LogP contribution is -2.46. The van der Waals surface area contributed by atoms with Crippen molar-refractivity contribution in [1.82, 2.24) is 0 Å². The highest BCUT2D eigenvalue weighted by Crippen LogP contribution is 2.18. The molecule has 832 valence electrons. The number of aliphatic carboxylic acids is 2. The molecule has 8 N–H and O–H groups in total. The number of allylic oxidation sites excluding steroid dienone is 2. The summed E-state index contributed by atoms with van der Waals surface area (Å²) in [4.78, 5) is 305. The first-order valence-corrected chi connectivity index (χ1v) is 44.1. The number of esters is 13. The molecule has 69 heteroatoms. The molecule has 0 rings (SSSR count). The minimum atomic E-state index is -1.93. The first kappa shape index (κ1) is 155. The van der Waals surface area contributed by atoms with E-state index < -0.39 is 283 Å². The van der Waals surface area contributed by atoms with Gasteiger partial charge in [0.1, 0.15) is 12.2 Å². The lowest BCUT2D eigenvalue weighted by molar-refractivity contribution is -0.188. The molecule has 0 radical (unpaired) electrons. The van der Waals surface area contributed by atoms with Gasteiger partial charge in [0.25, 0.3) is 0 Å². The quantitative estimate of drug-likeness (QED) is 0.0144. The van der Waals surface area contributed by atoms with Gasteiger partial charge in [0, 0.05) is 78.0 Å². The minimum absolute atomic E-state index is 0.186. The van der Waals surface area contributed by atoms with Crippen LogP contribution < -0.4 is 0 Å². The molecule has 0 amide bonds. The molecule has 0 aromatic carbocycles. The maximum absolute atomic E-state index is 11.8. The highest BCUT2D eigenvalue weighted by molar-refractivity contribution is 7.12. The van der Waals surface area contributed by atoms with Crippen LogP contribution in [0.5, 0.6) is 0 Å². The summed E-state index contributed by atoms with van der Waals surface area (Å²) in [6.45, 7) is 28.2. The lowest BCUT2D eigenvalue weighted by Gasteiger charge is -2.23. The van der Waals surface area contributed by atoms with Gasteiger partial charge in [-0.2, -0.15) is 0 Å². The van der Waals surface area contributed by atoms with Crippen molar-refractivity contribution in [3.63, 3.8) is 0 Å². The Hall–Kier alpha value is -11.2. The van der Waals surface area contributed by atoms with E-state index in [-0.39, 0.29) is 6.10 Å². The fraction of sp³-hybridized carbons (Fsp3) is 0.532. The molecule has 25 atom stereocenters. The van der Waals surface area contributed by atoms with Crippen LogP contribution >= 0.6 is 94.7 Å². The molecule has 10 unspecified atom stereocenters. The lowest BCUT2D eigenvalue weighted by atomic mass is 10.1. The molecule has 0 fully saturated rings. The average Bonchev–Trinajstić information content (AvgIpc) is 0.846. The molecule has 0 aliphatic heterocycles. The second-order valence-electron chi connectivity index (χ2n) is 26.7. The fourth-order valence-corrected chi connectivity index (χ4v) is 8.21. The van der Waals surface area contributed by atoms with Crippen molar-refractivity contribution in [1.29, 1.82) is 0 Å². The number of aliphatic hydroxyl groups excluding tert-OH is 6. The molecular formula is C77H120O59P10. The van der Waals surface area contributed by atoms with Gasteiger partial charge in [-0.05, 0) is 104 Å². The molecule has 59 nitrogen and oxygen atoms in total. The molecule has 0 spiro atoms. The van der Waals surface area contributed by atoms with Crippen LogP contribution in [0.1, 0.15) is 152 Å². The first-order valence-electron chi connectivity index (χ1n) is 39.4.